The molecule has 6 heteroatoms. The van der Waals surface area contributed by atoms with Crippen molar-refractivity contribution in [2.45, 2.75) is 19.3 Å². The molecule has 1 aliphatic carbocycles. The number of benzene rings is 1. The van der Waals surface area contributed by atoms with E-state index in [0.717, 1.165) is 34.1 Å². The third kappa shape index (κ3) is 3.44. The van der Waals surface area contributed by atoms with Gasteiger partial charge in [0.05, 0.1) is 16.8 Å². The Kier molecular flexibility index (Phi) is 4.39. The number of amides is 1. The van der Waals surface area contributed by atoms with Gasteiger partial charge >= 0.3 is 0 Å². The molecule has 130 valence electrons. The van der Waals surface area contributed by atoms with Gasteiger partial charge in [-0.3, -0.25) is 14.8 Å². The molecule has 2 heterocycles. The van der Waals surface area contributed by atoms with E-state index in [1.807, 2.05) is 37.3 Å². The SMILES string of the molecule is Cc1cc(C=NNC(=O)[C@@H]2C[C@H]2c2ccc(Cl)cn2)cc2cccnc12. The van der Waals surface area contributed by atoms with Gasteiger partial charge in [-0.15, -0.1) is 0 Å². The van der Waals surface area contributed by atoms with E-state index in [4.69, 9.17) is 11.6 Å². The first kappa shape index (κ1) is 16.7. The average molecular weight is 365 g/mol. The van der Waals surface area contributed by atoms with E-state index in [-0.39, 0.29) is 17.7 Å². The summed E-state index contributed by atoms with van der Waals surface area (Å²) in [6, 6.07) is 11.6. The minimum Gasteiger partial charge on any atom is -0.273 e. The highest BCUT2D eigenvalue weighted by Crippen LogP contribution is 2.46. The van der Waals surface area contributed by atoms with Crippen molar-refractivity contribution < 1.29 is 4.79 Å². The van der Waals surface area contributed by atoms with Crippen LogP contribution in [-0.4, -0.2) is 22.1 Å². The van der Waals surface area contributed by atoms with Crippen molar-refractivity contribution in [1.29, 1.82) is 0 Å². The van der Waals surface area contributed by atoms with Crippen LogP contribution in [0.5, 0.6) is 0 Å². The third-order valence-corrected chi connectivity index (χ3v) is 4.79. The second kappa shape index (κ2) is 6.84. The number of hydrazone groups is 1. The van der Waals surface area contributed by atoms with Crippen LogP contribution in [0.25, 0.3) is 10.9 Å². The molecule has 1 N–H and O–H groups in total. The maximum Gasteiger partial charge on any atom is 0.243 e. The number of carbonyl (C=O) groups is 1. The van der Waals surface area contributed by atoms with Gasteiger partial charge in [-0.1, -0.05) is 17.7 Å². The molecule has 0 radical (unpaired) electrons. The summed E-state index contributed by atoms with van der Waals surface area (Å²) in [6.07, 6.45) is 5.84. The van der Waals surface area contributed by atoms with Crippen LogP contribution in [0, 0.1) is 12.8 Å². The lowest BCUT2D eigenvalue weighted by Crippen LogP contribution is -2.20. The van der Waals surface area contributed by atoms with Gasteiger partial charge in [-0.05, 0) is 54.8 Å². The largest absolute Gasteiger partial charge is 0.273 e. The topological polar surface area (TPSA) is 67.2 Å². The molecular formula is C20H17ClN4O. The molecule has 1 fully saturated rings. The van der Waals surface area contributed by atoms with Crippen LogP contribution < -0.4 is 5.43 Å². The quantitative estimate of drug-likeness (QED) is 0.565. The Bertz CT molecular complexity index is 1000. The molecule has 4 rings (SSSR count). The Morgan fingerprint density at radius 3 is 3.00 bits per heavy atom. The normalized spacial score (nSPS) is 19.0. The van der Waals surface area contributed by atoms with Gasteiger partial charge < -0.3 is 0 Å². The van der Waals surface area contributed by atoms with Crippen molar-refractivity contribution in [3.63, 3.8) is 0 Å². The maximum absolute atomic E-state index is 12.2. The Balaban J connectivity index is 1.40. The predicted molar refractivity (Wildman–Crippen MR) is 102 cm³/mol. The zero-order valence-electron chi connectivity index (χ0n) is 14.2. The number of nitrogens with one attached hydrogen (secondary N) is 1. The molecule has 0 bridgehead atoms. The van der Waals surface area contributed by atoms with Crippen molar-refractivity contribution in [2.75, 3.05) is 0 Å². The summed E-state index contributed by atoms with van der Waals surface area (Å²) in [5.41, 5.74) is 6.51. The number of rotatable bonds is 4. The molecule has 0 spiro atoms. The number of hydrogen-bond donors (Lipinski definition) is 1. The lowest BCUT2D eigenvalue weighted by atomic mass is 10.1. The molecule has 1 aromatic carbocycles. The fraction of sp³-hybridized carbons (Fsp3) is 0.200. The smallest absolute Gasteiger partial charge is 0.243 e. The van der Waals surface area contributed by atoms with Crippen molar-refractivity contribution >= 4 is 34.6 Å². The molecule has 2 atom stereocenters. The first-order chi connectivity index (χ1) is 12.6. The number of fused-ring (bicyclic) bond motifs is 1. The van der Waals surface area contributed by atoms with Gasteiger partial charge in [0.15, 0.2) is 0 Å². The number of hydrogen-bond acceptors (Lipinski definition) is 4. The summed E-state index contributed by atoms with van der Waals surface area (Å²) in [6.45, 7) is 2.01. The molecule has 26 heavy (non-hydrogen) atoms. The van der Waals surface area contributed by atoms with Gasteiger partial charge in [0.2, 0.25) is 5.91 Å². The van der Waals surface area contributed by atoms with E-state index in [1.165, 1.54) is 0 Å². The molecule has 0 aliphatic heterocycles. The summed E-state index contributed by atoms with van der Waals surface area (Å²) in [5.74, 6) is -0.0120. The highest BCUT2D eigenvalue weighted by molar-refractivity contribution is 6.30. The van der Waals surface area contributed by atoms with Crippen LogP contribution in [-0.2, 0) is 4.79 Å². The van der Waals surface area contributed by atoms with Crippen LogP contribution in [0.1, 0.15) is 29.2 Å². The van der Waals surface area contributed by atoms with E-state index < -0.39 is 0 Å². The van der Waals surface area contributed by atoms with Crippen molar-refractivity contribution in [1.82, 2.24) is 15.4 Å². The van der Waals surface area contributed by atoms with Crippen molar-refractivity contribution in [3.8, 4) is 0 Å². The summed E-state index contributed by atoms with van der Waals surface area (Å²) >= 11 is 5.85. The molecule has 2 aromatic heterocycles. The van der Waals surface area contributed by atoms with Crippen LogP contribution in [0.3, 0.4) is 0 Å². The van der Waals surface area contributed by atoms with E-state index in [2.05, 4.69) is 20.5 Å². The minimum atomic E-state index is -0.0813. The summed E-state index contributed by atoms with van der Waals surface area (Å²) < 4.78 is 0. The summed E-state index contributed by atoms with van der Waals surface area (Å²) in [7, 11) is 0. The second-order valence-corrected chi connectivity index (χ2v) is 6.93. The van der Waals surface area contributed by atoms with Crippen molar-refractivity contribution in [2.24, 2.45) is 11.0 Å². The molecule has 1 aliphatic rings. The van der Waals surface area contributed by atoms with Crippen molar-refractivity contribution in [3.05, 3.63) is 70.6 Å². The Morgan fingerprint density at radius 2 is 2.19 bits per heavy atom. The van der Waals surface area contributed by atoms with Gasteiger partial charge in [0.1, 0.15) is 0 Å². The lowest BCUT2D eigenvalue weighted by Gasteiger charge is -2.03. The van der Waals surface area contributed by atoms with Crippen LogP contribution in [0.2, 0.25) is 5.02 Å². The van der Waals surface area contributed by atoms with E-state index in [1.54, 1.807) is 24.7 Å². The van der Waals surface area contributed by atoms with Gasteiger partial charge in [0, 0.05) is 35.3 Å². The fourth-order valence-electron chi connectivity index (χ4n) is 3.15. The zero-order chi connectivity index (χ0) is 18.1. The molecule has 1 saturated carbocycles. The van der Waals surface area contributed by atoms with Crippen LogP contribution in [0.4, 0.5) is 0 Å². The third-order valence-electron chi connectivity index (χ3n) is 4.56. The van der Waals surface area contributed by atoms with Crippen LogP contribution in [0.15, 0.2) is 53.9 Å². The first-order valence-corrected chi connectivity index (χ1v) is 8.79. The second-order valence-electron chi connectivity index (χ2n) is 6.50. The number of carbonyl (C=O) groups excluding carboxylic acids is 1. The predicted octanol–water partition coefficient (Wildman–Crippen LogP) is 3.85. The summed E-state index contributed by atoms with van der Waals surface area (Å²) in [4.78, 5) is 20.9. The maximum atomic E-state index is 12.2. The van der Waals surface area contributed by atoms with Gasteiger partial charge in [0.25, 0.3) is 0 Å². The molecule has 0 unspecified atom stereocenters. The number of nitrogens with zero attached hydrogens (tertiary/aromatic N) is 3. The Hall–Kier alpha value is -2.79. The number of halogens is 1. The van der Waals surface area contributed by atoms with E-state index in [0.29, 0.717) is 5.02 Å². The highest BCUT2D eigenvalue weighted by Gasteiger charge is 2.44. The lowest BCUT2D eigenvalue weighted by molar-refractivity contribution is -0.122. The molecule has 5 nitrogen and oxygen atoms in total. The molecule has 3 aromatic rings. The first-order valence-electron chi connectivity index (χ1n) is 8.41. The van der Waals surface area contributed by atoms with E-state index >= 15 is 0 Å². The van der Waals surface area contributed by atoms with Gasteiger partial charge in [-0.2, -0.15) is 5.10 Å². The summed E-state index contributed by atoms with van der Waals surface area (Å²) in [5, 5.41) is 5.76. The van der Waals surface area contributed by atoms with Crippen LogP contribution >= 0.6 is 11.6 Å². The molecular weight excluding hydrogens is 348 g/mol. The van der Waals surface area contributed by atoms with E-state index in [9.17, 15) is 4.79 Å². The Morgan fingerprint density at radius 1 is 1.31 bits per heavy atom. The molecule has 0 saturated heterocycles. The molecule has 1 amide bonds. The number of aryl methyl sites for hydroxylation is 1. The standard InChI is InChI=1S/C20H17ClN4O/c1-12-7-13(8-14-3-2-6-22-19(12)14)10-24-25-20(26)17-9-16(17)18-5-4-15(21)11-23-18/h2-8,10-11,16-17H,9H2,1H3,(H,25,26)/t16-,17-/m1/s1. The minimum absolute atomic E-state index is 0.0802. The number of aromatic nitrogens is 2. The zero-order valence-corrected chi connectivity index (χ0v) is 14.9. The number of pyridine rings is 2. The average Bonchev–Trinajstić information content (AvgIpc) is 3.43. The highest BCUT2D eigenvalue weighted by atomic mass is 35.5. The fourth-order valence-corrected chi connectivity index (χ4v) is 3.26. The Labute approximate surface area is 156 Å². The monoisotopic (exact) mass is 364 g/mol. The van der Waals surface area contributed by atoms with Gasteiger partial charge in [-0.25, -0.2) is 5.43 Å².